The zero-order chi connectivity index (χ0) is 27.1. The maximum absolute atomic E-state index is 14.4. The smallest absolute Gasteiger partial charge is 0.280 e. The molecule has 0 atom stereocenters. The van der Waals surface area contributed by atoms with Crippen molar-refractivity contribution < 1.29 is 31.5 Å². The SMILES string of the molecule is CC1=NN(c2c(F)c(F)c(F)c(F)c2F)C(=O)/C1=C/c1cc(Br)ccc1OCc1cccc2ccccc12. The van der Waals surface area contributed by atoms with Crippen LogP contribution < -0.4 is 9.75 Å². The van der Waals surface area contributed by atoms with Crippen molar-refractivity contribution >= 4 is 50.1 Å². The Labute approximate surface area is 221 Å². The average Bonchev–Trinajstić information content (AvgIpc) is 3.18. The minimum Gasteiger partial charge on any atom is -0.488 e. The molecule has 1 heterocycles. The number of halogens is 6. The molecule has 0 unspecified atom stereocenters. The van der Waals surface area contributed by atoms with E-state index >= 15 is 0 Å². The van der Waals surface area contributed by atoms with E-state index < -0.39 is 40.7 Å². The standard InChI is InChI=1S/C28H16BrF5N2O2/c1-14-20(28(37)36(35-14)27-25(33)23(31)22(30)24(32)26(27)34)12-17-11-18(29)9-10-21(17)38-13-16-7-4-6-15-5-2-3-8-19(15)16/h2-12H,13H2,1H3/b20-12+. The summed E-state index contributed by atoms with van der Waals surface area (Å²) >= 11 is 3.37. The van der Waals surface area contributed by atoms with Gasteiger partial charge in [0.2, 0.25) is 5.82 Å². The summed E-state index contributed by atoms with van der Waals surface area (Å²) in [5, 5.41) is 6.01. The second kappa shape index (κ2) is 10.0. The first kappa shape index (κ1) is 25.6. The van der Waals surface area contributed by atoms with Crippen molar-refractivity contribution in [1.82, 2.24) is 0 Å². The number of carbonyl (C=O) groups excluding carboxylic acids is 1. The van der Waals surface area contributed by atoms with E-state index in [4.69, 9.17) is 4.74 Å². The molecule has 4 aromatic rings. The molecular formula is C28H16BrF5N2O2. The second-order valence-electron chi connectivity index (χ2n) is 8.39. The Bertz CT molecular complexity index is 1650. The lowest BCUT2D eigenvalue weighted by molar-refractivity contribution is -0.114. The van der Waals surface area contributed by atoms with Crippen LogP contribution in [0.5, 0.6) is 5.75 Å². The molecule has 0 spiro atoms. The molecule has 5 rings (SSSR count). The van der Waals surface area contributed by atoms with Crippen LogP contribution in [0.25, 0.3) is 16.8 Å². The van der Waals surface area contributed by atoms with Gasteiger partial charge in [-0.15, -0.1) is 0 Å². The van der Waals surface area contributed by atoms with Crippen LogP contribution in [0.4, 0.5) is 27.6 Å². The quantitative estimate of drug-likeness (QED) is 0.104. The minimum atomic E-state index is -2.33. The first-order valence-corrected chi connectivity index (χ1v) is 12.0. The molecule has 10 heteroatoms. The maximum atomic E-state index is 14.4. The number of hydrazone groups is 1. The van der Waals surface area contributed by atoms with Crippen LogP contribution in [0.2, 0.25) is 0 Å². The third-order valence-corrected chi connectivity index (χ3v) is 6.49. The zero-order valence-corrected chi connectivity index (χ0v) is 21.1. The molecule has 0 aliphatic carbocycles. The summed E-state index contributed by atoms with van der Waals surface area (Å²) in [4.78, 5) is 13.1. The van der Waals surface area contributed by atoms with E-state index in [-0.39, 0.29) is 22.9 Å². The summed E-state index contributed by atoms with van der Waals surface area (Å²) < 4.78 is 76.5. The van der Waals surface area contributed by atoms with Crippen molar-refractivity contribution in [1.29, 1.82) is 0 Å². The molecule has 0 fully saturated rings. The van der Waals surface area contributed by atoms with Crippen molar-refractivity contribution in [2.75, 3.05) is 5.01 Å². The van der Waals surface area contributed by atoms with Crippen LogP contribution in [-0.4, -0.2) is 11.6 Å². The van der Waals surface area contributed by atoms with Gasteiger partial charge in [0.05, 0.1) is 11.3 Å². The van der Waals surface area contributed by atoms with E-state index in [2.05, 4.69) is 21.0 Å². The van der Waals surface area contributed by atoms with E-state index in [9.17, 15) is 26.7 Å². The van der Waals surface area contributed by atoms with Crippen molar-refractivity contribution in [2.24, 2.45) is 5.10 Å². The maximum Gasteiger partial charge on any atom is 0.280 e. The number of benzene rings is 4. The normalized spacial score (nSPS) is 14.5. The van der Waals surface area contributed by atoms with Gasteiger partial charge >= 0.3 is 0 Å². The number of rotatable bonds is 5. The van der Waals surface area contributed by atoms with Crippen molar-refractivity contribution in [3.05, 3.63) is 111 Å². The molecule has 1 amide bonds. The predicted octanol–water partition coefficient (Wildman–Crippen LogP) is 7.68. The van der Waals surface area contributed by atoms with E-state index in [0.717, 1.165) is 16.3 Å². The Kier molecular flexibility index (Phi) is 6.75. The van der Waals surface area contributed by atoms with Crippen LogP contribution in [0.1, 0.15) is 18.1 Å². The molecule has 0 saturated carbocycles. The summed E-state index contributed by atoms with van der Waals surface area (Å²) in [6.07, 6.45) is 1.39. The first-order valence-electron chi connectivity index (χ1n) is 11.2. The lowest BCUT2D eigenvalue weighted by Gasteiger charge is -2.15. The van der Waals surface area contributed by atoms with Gasteiger partial charge < -0.3 is 4.74 Å². The minimum absolute atomic E-state index is 0.0129. The number of amides is 1. The third-order valence-electron chi connectivity index (χ3n) is 6.00. The average molecular weight is 587 g/mol. The van der Waals surface area contributed by atoms with Crippen LogP contribution in [0.3, 0.4) is 0 Å². The summed E-state index contributed by atoms with van der Waals surface area (Å²) in [5.74, 6) is -11.7. The number of anilines is 1. The van der Waals surface area contributed by atoms with Gasteiger partial charge in [0, 0.05) is 10.0 Å². The topological polar surface area (TPSA) is 41.9 Å². The Morgan fingerprint density at radius 1 is 0.895 bits per heavy atom. The fourth-order valence-electron chi connectivity index (χ4n) is 4.11. The molecule has 4 nitrogen and oxygen atoms in total. The summed E-state index contributed by atoms with van der Waals surface area (Å²) in [7, 11) is 0. The lowest BCUT2D eigenvalue weighted by Crippen LogP contribution is -2.25. The number of hydrogen-bond acceptors (Lipinski definition) is 3. The Hall–Kier alpha value is -4.05. The number of carbonyl (C=O) groups is 1. The summed E-state index contributed by atoms with van der Waals surface area (Å²) in [6, 6.07) is 18.7. The molecule has 0 aromatic heterocycles. The summed E-state index contributed by atoms with van der Waals surface area (Å²) in [6.45, 7) is 1.58. The summed E-state index contributed by atoms with van der Waals surface area (Å²) in [5.41, 5.74) is -0.189. The molecule has 1 aliphatic heterocycles. The van der Waals surface area contributed by atoms with Crippen LogP contribution >= 0.6 is 15.9 Å². The number of hydrogen-bond donors (Lipinski definition) is 0. The van der Waals surface area contributed by atoms with Crippen LogP contribution in [-0.2, 0) is 11.4 Å². The van der Waals surface area contributed by atoms with Gasteiger partial charge in [-0.25, -0.2) is 22.0 Å². The van der Waals surface area contributed by atoms with Gasteiger partial charge in [-0.1, -0.05) is 58.4 Å². The van der Waals surface area contributed by atoms with Gasteiger partial charge in [-0.3, -0.25) is 4.79 Å². The van der Waals surface area contributed by atoms with E-state index in [1.807, 2.05) is 42.5 Å². The van der Waals surface area contributed by atoms with Crippen LogP contribution in [0, 0.1) is 29.1 Å². The van der Waals surface area contributed by atoms with Gasteiger partial charge in [-0.05, 0) is 47.5 Å². The zero-order valence-electron chi connectivity index (χ0n) is 19.5. The molecule has 0 N–H and O–H groups in total. The number of fused-ring (bicyclic) bond motifs is 1. The molecule has 0 saturated heterocycles. The molecule has 1 aliphatic rings. The molecule has 192 valence electrons. The molecule has 0 bridgehead atoms. The van der Waals surface area contributed by atoms with Gasteiger partial charge in [0.25, 0.3) is 5.91 Å². The van der Waals surface area contributed by atoms with Crippen molar-refractivity contribution in [2.45, 2.75) is 13.5 Å². The Morgan fingerprint density at radius 3 is 2.29 bits per heavy atom. The highest BCUT2D eigenvalue weighted by molar-refractivity contribution is 9.10. The predicted molar refractivity (Wildman–Crippen MR) is 137 cm³/mol. The fraction of sp³-hybridized carbons (Fsp3) is 0.0714. The Balaban J connectivity index is 1.49. The molecule has 4 aromatic carbocycles. The van der Waals surface area contributed by atoms with E-state index in [1.165, 1.54) is 13.0 Å². The van der Waals surface area contributed by atoms with E-state index in [1.54, 1.807) is 18.2 Å². The highest BCUT2D eigenvalue weighted by Gasteiger charge is 2.37. The Morgan fingerprint density at radius 2 is 1.55 bits per heavy atom. The highest BCUT2D eigenvalue weighted by atomic mass is 79.9. The van der Waals surface area contributed by atoms with Gasteiger partial charge in [-0.2, -0.15) is 10.1 Å². The molecule has 0 radical (unpaired) electrons. The molecular weight excluding hydrogens is 571 g/mol. The van der Waals surface area contributed by atoms with Gasteiger partial charge in [0.1, 0.15) is 18.0 Å². The van der Waals surface area contributed by atoms with Gasteiger partial charge in [0.15, 0.2) is 23.3 Å². The largest absolute Gasteiger partial charge is 0.488 e. The fourth-order valence-corrected chi connectivity index (χ4v) is 4.49. The second-order valence-corrected chi connectivity index (χ2v) is 9.30. The first-order chi connectivity index (χ1) is 18.2. The highest BCUT2D eigenvalue weighted by Crippen LogP contribution is 2.35. The van der Waals surface area contributed by atoms with Crippen molar-refractivity contribution in [3.8, 4) is 5.75 Å². The van der Waals surface area contributed by atoms with E-state index in [0.29, 0.717) is 15.8 Å². The van der Waals surface area contributed by atoms with Crippen molar-refractivity contribution in [3.63, 3.8) is 0 Å². The number of nitrogens with zero attached hydrogens (tertiary/aromatic N) is 2. The van der Waals surface area contributed by atoms with Crippen LogP contribution in [0.15, 0.2) is 75.8 Å². The third kappa shape index (κ3) is 4.45. The lowest BCUT2D eigenvalue weighted by atomic mass is 10.0. The number of ether oxygens (including phenoxy) is 1. The molecule has 38 heavy (non-hydrogen) atoms. The monoisotopic (exact) mass is 586 g/mol.